The molecule has 118 valence electrons. The Balaban J connectivity index is 1.56. The smallest absolute Gasteiger partial charge is 0.317 e. The molecule has 2 aliphatic carbocycles. The number of fused-ring (bicyclic) bond motifs is 1. The Morgan fingerprint density at radius 1 is 1.00 bits per heavy atom. The van der Waals surface area contributed by atoms with E-state index in [1.54, 1.807) is 0 Å². The van der Waals surface area contributed by atoms with Crippen molar-refractivity contribution >= 4 is 12.0 Å². The van der Waals surface area contributed by atoms with Crippen LogP contribution in [0.2, 0.25) is 0 Å². The first-order valence-electron chi connectivity index (χ1n) is 8.45. The lowest BCUT2D eigenvalue weighted by molar-refractivity contribution is -0.141. The van der Waals surface area contributed by atoms with Crippen LogP contribution in [-0.2, 0) is 4.79 Å². The van der Waals surface area contributed by atoms with Gasteiger partial charge in [0, 0.05) is 18.6 Å². The molecule has 2 unspecified atom stereocenters. The minimum absolute atomic E-state index is 0.0440. The largest absolute Gasteiger partial charge is 0.481 e. The van der Waals surface area contributed by atoms with Crippen LogP contribution >= 0.6 is 0 Å². The van der Waals surface area contributed by atoms with Crippen LogP contribution in [0.4, 0.5) is 4.79 Å². The van der Waals surface area contributed by atoms with Gasteiger partial charge in [-0.15, -0.1) is 0 Å². The summed E-state index contributed by atoms with van der Waals surface area (Å²) in [5.74, 6) is -0.315. The summed E-state index contributed by atoms with van der Waals surface area (Å²) in [6.45, 7) is 0.863. The maximum absolute atomic E-state index is 12.6. The molecule has 2 N–H and O–H groups in total. The molecule has 0 radical (unpaired) electrons. The molecule has 5 heteroatoms. The second kappa shape index (κ2) is 6.24. The minimum atomic E-state index is -0.725. The molecule has 4 atom stereocenters. The van der Waals surface area contributed by atoms with Crippen molar-refractivity contribution < 1.29 is 14.7 Å². The van der Waals surface area contributed by atoms with E-state index in [4.69, 9.17) is 5.11 Å². The molecular weight excluding hydrogens is 268 g/mol. The van der Waals surface area contributed by atoms with Crippen LogP contribution < -0.4 is 5.32 Å². The van der Waals surface area contributed by atoms with E-state index in [-0.39, 0.29) is 18.0 Å². The maximum atomic E-state index is 12.6. The molecule has 0 aromatic rings. The Hall–Kier alpha value is -1.26. The fourth-order valence-electron chi connectivity index (χ4n) is 4.47. The third kappa shape index (κ3) is 3.16. The minimum Gasteiger partial charge on any atom is -0.481 e. The molecule has 0 bridgehead atoms. The van der Waals surface area contributed by atoms with Gasteiger partial charge in [-0.2, -0.15) is 0 Å². The summed E-state index contributed by atoms with van der Waals surface area (Å²) in [7, 11) is 0. The first kappa shape index (κ1) is 14.7. The number of carbonyl (C=O) groups is 2. The monoisotopic (exact) mass is 294 g/mol. The number of nitrogens with one attached hydrogen (secondary N) is 1. The van der Waals surface area contributed by atoms with Gasteiger partial charge in [-0.1, -0.05) is 12.8 Å². The molecule has 3 fully saturated rings. The van der Waals surface area contributed by atoms with Crippen LogP contribution in [0.3, 0.4) is 0 Å². The predicted octanol–water partition coefficient (Wildman–Crippen LogP) is 2.60. The molecule has 1 heterocycles. The molecule has 3 aliphatic rings. The zero-order valence-corrected chi connectivity index (χ0v) is 12.6. The standard InChI is InChI=1S/C16H26N2O3/c19-15(20)12-7-8-13(10-12)17-16(21)18-9-3-5-11-4-1-2-6-14(11)18/h11-14H,1-10H2,(H,17,21)(H,19,20)/t11-,12?,13?,14-/m1/s1. The van der Waals surface area contributed by atoms with E-state index < -0.39 is 5.97 Å². The van der Waals surface area contributed by atoms with Gasteiger partial charge in [0.05, 0.1) is 5.92 Å². The number of piperidine rings is 1. The number of carbonyl (C=O) groups excluding carboxylic acids is 1. The van der Waals surface area contributed by atoms with Crippen molar-refractivity contribution in [2.75, 3.05) is 6.54 Å². The molecule has 2 amide bonds. The van der Waals surface area contributed by atoms with Crippen molar-refractivity contribution in [3.05, 3.63) is 0 Å². The number of aliphatic carboxylic acids is 1. The topological polar surface area (TPSA) is 69.6 Å². The molecule has 21 heavy (non-hydrogen) atoms. The summed E-state index contributed by atoms with van der Waals surface area (Å²) in [4.78, 5) is 25.6. The Labute approximate surface area is 126 Å². The molecule has 5 nitrogen and oxygen atoms in total. The van der Waals surface area contributed by atoms with Crippen LogP contribution in [0.15, 0.2) is 0 Å². The molecule has 2 saturated carbocycles. The first-order valence-corrected chi connectivity index (χ1v) is 8.45. The van der Waals surface area contributed by atoms with Crippen LogP contribution in [0.25, 0.3) is 0 Å². The molecule has 0 aromatic heterocycles. The molecule has 1 saturated heterocycles. The van der Waals surface area contributed by atoms with E-state index in [1.165, 1.54) is 25.7 Å². The highest BCUT2D eigenvalue weighted by Gasteiger charge is 2.37. The number of carboxylic acid groups (broad SMARTS) is 1. The average molecular weight is 294 g/mol. The summed E-state index contributed by atoms with van der Waals surface area (Å²) in [6, 6.07) is 0.509. The number of hydrogen-bond donors (Lipinski definition) is 2. The highest BCUT2D eigenvalue weighted by Crippen LogP contribution is 2.35. The number of carboxylic acids is 1. The number of amides is 2. The molecule has 0 aromatic carbocycles. The zero-order valence-electron chi connectivity index (χ0n) is 12.6. The quantitative estimate of drug-likeness (QED) is 0.822. The SMILES string of the molecule is O=C(O)C1CCC(NC(=O)N2CCC[C@H]3CCCC[C@H]32)C1. The fourth-order valence-corrected chi connectivity index (χ4v) is 4.47. The summed E-state index contributed by atoms with van der Waals surface area (Å²) in [5.41, 5.74) is 0. The van der Waals surface area contributed by atoms with Gasteiger partial charge in [0.2, 0.25) is 0 Å². The third-order valence-corrected chi connectivity index (χ3v) is 5.61. The normalized spacial score (nSPS) is 36.1. The Kier molecular flexibility index (Phi) is 4.36. The van der Waals surface area contributed by atoms with E-state index in [0.29, 0.717) is 24.8 Å². The lowest BCUT2D eigenvalue weighted by atomic mass is 9.78. The predicted molar refractivity (Wildman–Crippen MR) is 79.0 cm³/mol. The van der Waals surface area contributed by atoms with Gasteiger partial charge in [0.1, 0.15) is 0 Å². The number of nitrogens with zero attached hydrogens (tertiary/aromatic N) is 1. The van der Waals surface area contributed by atoms with E-state index in [1.807, 2.05) is 4.90 Å². The maximum Gasteiger partial charge on any atom is 0.317 e. The Morgan fingerprint density at radius 2 is 1.76 bits per heavy atom. The summed E-state index contributed by atoms with van der Waals surface area (Å²) in [5, 5.41) is 12.1. The van der Waals surface area contributed by atoms with Crippen LogP contribution in [0.5, 0.6) is 0 Å². The summed E-state index contributed by atoms with van der Waals surface area (Å²) in [6.07, 6.45) is 9.38. The van der Waals surface area contributed by atoms with Crippen molar-refractivity contribution in [1.82, 2.24) is 10.2 Å². The van der Waals surface area contributed by atoms with E-state index >= 15 is 0 Å². The number of hydrogen-bond acceptors (Lipinski definition) is 2. The average Bonchev–Trinajstić information content (AvgIpc) is 2.95. The van der Waals surface area contributed by atoms with E-state index in [2.05, 4.69) is 5.32 Å². The van der Waals surface area contributed by atoms with Crippen molar-refractivity contribution in [3.8, 4) is 0 Å². The Bertz CT molecular complexity index is 410. The molecule has 3 rings (SSSR count). The zero-order chi connectivity index (χ0) is 14.8. The highest BCUT2D eigenvalue weighted by molar-refractivity contribution is 5.75. The fraction of sp³-hybridized carbons (Fsp3) is 0.875. The van der Waals surface area contributed by atoms with Crippen molar-refractivity contribution in [1.29, 1.82) is 0 Å². The van der Waals surface area contributed by atoms with Gasteiger partial charge in [-0.05, 0) is 50.9 Å². The third-order valence-electron chi connectivity index (χ3n) is 5.61. The van der Waals surface area contributed by atoms with Gasteiger partial charge in [-0.3, -0.25) is 4.79 Å². The van der Waals surface area contributed by atoms with Gasteiger partial charge < -0.3 is 15.3 Å². The number of urea groups is 1. The molecule has 0 spiro atoms. The number of likely N-dealkylation sites (tertiary alicyclic amines) is 1. The summed E-state index contributed by atoms with van der Waals surface area (Å²) >= 11 is 0. The summed E-state index contributed by atoms with van der Waals surface area (Å²) < 4.78 is 0. The van der Waals surface area contributed by atoms with Crippen molar-refractivity contribution in [2.45, 2.75) is 69.9 Å². The molecular formula is C16H26N2O3. The van der Waals surface area contributed by atoms with Gasteiger partial charge in [-0.25, -0.2) is 4.79 Å². The van der Waals surface area contributed by atoms with Crippen molar-refractivity contribution in [2.24, 2.45) is 11.8 Å². The lowest BCUT2D eigenvalue weighted by Gasteiger charge is -2.44. The van der Waals surface area contributed by atoms with Gasteiger partial charge in [0.25, 0.3) is 0 Å². The van der Waals surface area contributed by atoms with Crippen LogP contribution in [0.1, 0.15) is 57.8 Å². The van der Waals surface area contributed by atoms with E-state index in [0.717, 1.165) is 25.8 Å². The lowest BCUT2D eigenvalue weighted by Crippen LogP contribution is -2.54. The van der Waals surface area contributed by atoms with E-state index in [9.17, 15) is 9.59 Å². The Morgan fingerprint density at radius 3 is 2.52 bits per heavy atom. The first-order chi connectivity index (χ1) is 10.1. The second-order valence-corrected chi connectivity index (χ2v) is 6.94. The van der Waals surface area contributed by atoms with Crippen molar-refractivity contribution in [3.63, 3.8) is 0 Å². The van der Waals surface area contributed by atoms with Crippen LogP contribution in [-0.4, -0.2) is 40.6 Å². The van der Waals surface area contributed by atoms with Gasteiger partial charge >= 0.3 is 12.0 Å². The highest BCUT2D eigenvalue weighted by atomic mass is 16.4. The van der Waals surface area contributed by atoms with Gasteiger partial charge in [0.15, 0.2) is 0 Å². The molecule has 1 aliphatic heterocycles. The number of rotatable bonds is 2. The van der Waals surface area contributed by atoms with Crippen LogP contribution in [0, 0.1) is 11.8 Å². The second-order valence-electron chi connectivity index (χ2n) is 6.94.